The Morgan fingerprint density at radius 1 is 1.30 bits per heavy atom. The number of carbonyl (C=O) groups excluding carboxylic acids is 2. The van der Waals surface area contributed by atoms with Gasteiger partial charge in [0.05, 0.1) is 12.0 Å². The molecule has 0 atom stereocenters. The van der Waals surface area contributed by atoms with Crippen molar-refractivity contribution in [2.24, 2.45) is 5.41 Å². The van der Waals surface area contributed by atoms with Crippen LogP contribution in [0.1, 0.15) is 27.7 Å². The Morgan fingerprint density at radius 3 is 2.45 bits per heavy atom. The maximum atomic E-state index is 11.6. The molecule has 0 aromatic rings. The minimum atomic E-state index is -0.534. The van der Waals surface area contributed by atoms with Gasteiger partial charge in [-0.2, -0.15) is 0 Å². The summed E-state index contributed by atoms with van der Waals surface area (Å²) in [5.74, 6) is -0.291. The van der Waals surface area contributed by atoms with Crippen LogP contribution < -0.4 is 10.6 Å². The number of urea groups is 1. The third-order valence-electron chi connectivity index (χ3n) is 2.13. The van der Waals surface area contributed by atoms with Gasteiger partial charge < -0.3 is 15.4 Å². The highest BCUT2D eigenvalue weighted by molar-refractivity contribution is 5.77. The quantitative estimate of drug-likeness (QED) is 0.446. The SMILES string of the molecule is C=C/C=C(\C=C/C)NC(=O)NCCOC(=O)C(C)(C)C. The molecule has 0 aliphatic rings. The molecule has 0 aliphatic heterocycles. The molecule has 5 nitrogen and oxygen atoms in total. The molecule has 0 saturated heterocycles. The molecule has 5 heteroatoms. The van der Waals surface area contributed by atoms with Gasteiger partial charge in [-0.25, -0.2) is 4.79 Å². The Bertz CT molecular complexity index is 404. The molecule has 0 radical (unpaired) electrons. The molecule has 0 fully saturated rings. The standard InChI is InChI=1S/C15H24N2O3/c1-6-8-12(9-7-2)17-14(19)16-10-11-20-13(18)15(3,4)5/h6-9H,1,10-11H2,2-5H3,(H2,16,17,19)/b9-7-,12-8+. The summed E-state index contributed by atoms with van der Waals surface area (Å²) in [4.78, 5) is 23.1. The van der Waals surface area contributed by atoms with Crippen molar-refractivity contribution in [3.63, 3.8) is 0 Å². The summed E-state index contributed by atoms with van der Waals surface area (Å²) in [6.45, 7) is 11.1. The number of amides is 2. The van der Waals surface area contributed by atoms with Crippen LogP contribution in [-0.2, 0) is 9.53 Å². The van der Waals surface area contributed by atoms with Crippen molar-refractivity contribution >= 4 is 12.0 Å². The van der Waals surface area contributed by atoms with E-state index in [-0.39, 0.29) is 25.2 Å². The third-order valence-corrected chi connectivity index (χ3v) is 2.13. The van der Waals surface area contributed by atoms with Gasteiger partial charge in [-0.15, -0.1) is 0 Å². The summed E-state index contributed by atoms with van der Waals surface area (Å²) < 4.78 is 5.03. The highest BCUT2D eigenvalue weighted by atomic mass is 16.5. The molecule has 0 rings (SSSR count). The van der Waals surface area contributed by atoms with Crippen LogP contribution >= 0.6 is 0 Å². The molecular formula is C15H24N2O3. The zero-order valence-corrected chi connectivity index (χ0v) is 12.7. The highest BCUT2D eigenvalue weighted by Gasteiger charge is 2.22. The van der Waals surface area contributed by atoms with E-state index >= 15 is 0 Å². The van der Waals surface area contributed by atoms with Crippen LogP contribution in [0.4, 0.5) is 4.79 Å². The van der Waals surface area contributed by atoms with Crippen molar-refractivity contribution in [3.8, 4) is 0 Å². The summed E-state index contributed by atoms with van der Waals surface area (Å²) in [5.41, 5.74) is 0.0975. The third kappa shape index (κ3) is 8.13. The Balaban J connectivity index is 4.03. The lowest BCUT2D eigenvalue weighted by Crippen LogP contribution is -2.37. The fourth-order valence-electron chi connectivity index (χ4n) is 1.15. The van der Waals surface area contributed by atoms with Crippen molar-refractivity contribution in [2.75, 3.05) is 13.2 Å². The van der Waals surface area contributed by atoms with Crippen molar-refractivity contribution in [1.82, 2.24) is 10.6 Å². The Hall–Kier alpha value is -2.04. The number of hydrogen-bond acceptors (Lipinski definition) is 3. The highest BCUT2D eigenvalue weighted by Crippen LogP contribution is 2.14. The van der Waals surface area contributed by atoms with Gasteiger partial charge >= 0.3 is 12.0 Å². The van der Waals surface area contributed by atoms with Gasteiger partial charge in [0.15, 0.2) is 0 Å². The zero-order valence-electron chi connectivity index (χ0n) is 12.7. The van der Waals surface area contributed by atoms with E-state index in [0.717, 1.165) is 0 Å². The summed E-state index contributed by atoms with van der Waals surface area (Å²) in [6.07, 6.45) is 6.82. The van der Waals surface area contributed by atoms with Gasteiger partial charge in [-0.3, -0.25) is 4.79 Å². The fourth-order valence-corrected chi connectivity index (χ4v) is 1.15. The monoisotopic (exact) mass is 280 g/mol. The number of allylic oxidation sites excluding steroid dienone is 4. The van der Waals surface area contributed by atoms with E-state index in [1.165, 1.54) is 0 Å². The van der Waals surface area contributed by atoms with Crippen LogP contribution in [0.25, 0.3) is 0 Å². The first-order valence-electron chi connectivity index (χ1n) is 6.48. The van der Waals surface area contributed by atoms with Crippen LogP contribution in [0.3, 0.4) is 0 Å². The van der Waals surface area contributed by atoms with Gasteiger partial charge in [0, 0.05) is 5.70 Å². The van der Waals surface area contributed by atoms with Crippen molar-refractivity contribution in [2.45, 2.75) is 27.7 Å². The maximum Gasteiger partial charge on any atom is 0.319 e. The van der Waals surface area contributed by atoms with Crippen LogP contribution in [0.15, 0.2) is 36.6 Å². The average Bonchev–Trinajstić information content (AvgIpc) is 2.33. The van der Waals surface area contributed by atoms with Crippen molar-refractivity contribution in [1.29, 1.82) is 0 Å². The Kier molecular flexibility index (Phi) is 8.04. The van der Waals surface area contributed by atoms with E-state index < -0.39 is 5.41 Å². The van der Waals surface area contributed by atoms with E-state index in [1.807, 2.05) is 6.92 Å². The minimum absolute atomic E-state index is 0.146. The molecule has 0 saturated carbocycles. The lowest BCUT2D eigenvalue weighted by atomic mass is 9.97. The molecule has 112 valence electrons. The largest absolute Gasteiger partial charge is 0.463 e. The van der Waals surface area contributed by atoms with Crippen molar-refractivity contribution < 1.29 is 14.3 Å². The van der Waals surface area contributed by atoms with E-state index in [2.05, 4.69) is 17.2 Å². The first kappa shape index (κ1) is 18.0. The maximum absolute atomic E-state index is 11.6. The van der Waals surface area contributed by atoms with Gasteiger partial charge in [0.1, 0.15) is 6.61 Å². The predicted molar refractivity (Wildman–Crippen MR) is 80.0 cm³/mol. The van der Waals surface area contributed by atoms with Crippen LogP contribution in [0.2, 0.25) is 0 Å². The number of carbonyl (C=O) groups is 2. The molecule has 0 bridgehead atoms. The number of nitrogens with one attached hydrogen (secondary N) is 2. The minimum Gasteiger partial charge on any atom is -0.463 e. The molecule has 0 aliphatic carbocycles. The lowest BCUT2D eigenvalue weighted by Gasteiger charge is -2.16. The number of esters is 1. The molecular weight excluding hydrogens is 256 g/mol. The molecule has 2 amide bonds. The smallest absolute Gasteiger partial charge is 0.319 e. The zero-order chi connectivity index (χ0) is 15.6. The average molecular weight is 280 g/mol. The second-order valence-corrected chi connectivity index (χ2v) is 5.12. The molecule has 0 heterocycles. The molecule has 0 aromatic heterocycles. The van der Waals surface area contributed by atoms with Crippen LogP contribution in [0, 0.1) is 5.41 Å². The van der Waals surface area contributed by atoms with Gasteiger partial charge in [0.2, 0.25) is 0 Å². The first-order valence-corrected chi connectivity index (χ1v) is 6.48. The number of hydrogen-bond donors (Lipinski definition) is 2. The predicted octanol–water partition coefficient (Wildman–Crippen LogP) is 2.52. The van der Waals surface area contributed by atoms with E-state index in [9.17, 15) is 9.59 Å². The van der Waals surface area contributed by atoms with Gasteiger partial charge in [-0.05, 0) is 39.8 Å². The molecule has 0 spiro atoms. The van der Waals surface area contributed by atoms with E-state index in [0.29, 0.717) is 5.70 Å². The van der Waals surface area contributed by atoms with Gasteiger partial charge in [0.25, 0.3) is 0 Å². The van der Waals surface area contributed by atoms with Crippen molar-refractivity contribution in [3.05, 3.63) is 36.6 Å². The second kappa shape index (κ2) is 8.96. The number of ether oxygens (including phenoxy) is 1. The fraction of sp³-hybridized carbons (Fsp3) is 0.467. The second-order valence-electron chi connectivity index (χ2n) is 5.12. The molecule has 0 unspecified atom stereocenters. The summed E-state index contributed by atoms with van der Waals surface area (Å²) in [7, 11) is 0. The summed E-state index contributed by atoms with van der Waals surface area (Å²) in [5, 5.41) is 5.25. The normalized spacial score (nSPS) is 12.1. The van der Waals surface area contributed by atoms with Crippen LogP contribution in [-0.4, -0.2) is 25.2 Å². The molecule has 0 aromatic carbocycles. The Morgan fingerprint density at radius 2 is 1.95 bits per heavy atom. The summed E-state index contributed by atoms with van der Waals surface area (Å²) >= 11 is 0. The number of rotatable bonds is 6. The van der Waals surface area contributed by atoms with E-state index in [1.54, 1.807) is 45.1 Å². The topological polar surface area (TPSA) is 67.4 Å². The molecule has 2 N–H and O–H groups in total. The Labute approximate surface area is 120 Å². The van der Waals surface area contributed by atoms with Gasteiger partial charge in [-0.1, -0.05) is 18.7 Å². The first-order chi connectivity index (χ1) is 9.31. The lowest BCUT2D eigenvalue weighted by molar-refractivity contribution is -0.152. The van der Waals surface area contributed by atoms with E-state index in [4.69, 9.17) is 4.74 Å². The van der Waals surface area contributed by atoms with Crippen LogP contribution in [0.5, 0.6) is 0 Å². The summed E-state index contributed by atoms with van der Waals surface area (Å²) in [6, 6.07) is -0.358. The molecule has 20 heavy (non-hydrogen) atoms.